The van der Waals surface area contributed by atoms with Gasteiger partial charge in [-0.15, -0.1) is 11.8 Å². The van der Waals surface area contributed by atoms with Crippen LogP contribution in [0.25, 0.3) is 0 Å². The van der Waals surface area contributed by atoms with Crippen molar-refractivity contribution in [3.63, 3.8) is 0 Å². The van der Waals surface area contributed by atoms with Gasteiger partial charge in [0, 0.05) is 11.7 Å². The minimum atomic E-state index is -1.22. The van der Waals surface area contributed by atoms with Gasteiger partial charge in [-0.2, -0.15) is 0 Å². The Balaban J connectivity index is 1.50. The van der Waals surface area contributed by atoms with Crippen molar-refractivity contribution in [1.29, 1.82) is 0 Å². The number of amides is 3. The summed E-state index contributed by atoms with van der Waals surface area (Å²) in [6.45, 7) is 4.93. The number of hydrogen-bond acceptors (Lipinski definition) is 9. The van der Waals surface area contributed by atoms with E-state index < -0.39 is 58.1 Å². The molecular formula is C27H29N3O8S. The Morgan fingerprint density at radius 3 is 2.33 bits per heavy atom. The van der Waals surface area contributed by atoms with Crippen LogP contribution in [0.4, 0.5) is 4.79 Å². The first-order valence-corrected chi connectivity index (χ1v) is 13.0. The fourth-order valence-electron chi connectivity index (χ4n) is 4.55. The van der Waals surface area contributed by atoms with Gasteiger partial charge >= 0.3 is 18.0 Å². The minimum Gasteiger partial charge on any atom is -0.467 e. The van der Waals surface area contributed by atoms with E-state index in [1.165, 1.54) is 55.0 Å². The maximum atomic E-state index is 13.4. The number of carbonyl (C=O) groups excluding carboxylic acids is 5. The van der Waals surface area contributed by atoms with E-state index >= 15 is 0 Å². The van der Waals surface area contributed by atoms with E-state index in [2.05, 4.69) is 10.6 Å². The number of alkyl carbamates (subject to hydrolysis) is 1. The van der Waals surface area contributed by atoms with Gasteiger partial charge in [0.25, 0.3) is 0 Å². The third-order valence-corrected chi connectivity index (χ3v) is 7.95. The van der Waals surface area contributed by atoms with Gasteiger partial charge in [0.1, 0.15) is 35.9 Å². The van der Waals surface area contributed by atoms with E-state index in [0.29, 0.717) is 5.56 Å². The zero-order valence-electron chi connectivity index (χ0n) is 21.8. The summed E-state index contributed by atoms with van der Waals surface area (Å²) in [7, 11) is 1.26. The number of carbonyl (C=O) groups is 5. The summed E-state index contributed by atoms with van der Waals surface area (Å²) in [6.07, 6.45) is -0.841. The van der Waals surface area contributed by atoms with E-state index in [-0.39, 0.29) is 12.4 Å². The van der Waals surface area contributed by atoms with Crippen molar-refractivity contribution >= 4 is 41.6 Å². The number of fused-ring (bicyclic) bond motifs is 1. The molecule has 0 spiro atoms. The zero-order chi connectivity index (χ0) is 28.3. The molecule has 2 aliphatic rings. The van der Waals surface area contributed by atoms with Crippen LogP contribution in [0, 0.1) is 0 Å². The van der Waals surface area contributed by atoms with E-state index in [9.17, 15) is 24.0 Å². The van der Waals surface area contributed by atoms with Crippen molar-refractivity contribution in [3.8, 4) is 5.75 Å². The van der Waals surface area contributed by atoms with Crippen LogP contribution in [0.3, 0.4) is 0 Å². The van der Waals surface area contributed by atoms with Crippen LogP contribution in [-0.4, -0.2) is 64.1 Å². The van der Waals surface area contributed by atoms with Crippen molar-refractivity contribution in [2.75, 3.05) is 7.11 Å². The van der Waals surface area contributed by atoms with Gasteiger partial charge in [-0.3, -0.25) is 14.4 Å². The third kappa shape index (κ3) is 6.00. The highest BCUT2D eigenvalue weighted by Gasteiger charge is 2.64. The number of nitrogens with one attached hydrogen (secondary N) is 2. The molecule has 39 heavy (non-hydrogen) atoms. The molecule has 2 N–H and O–H groups in total. The molecule has 2 aliphatic heterocycles. The molecule has 0 aromatic heterocycles. The largest absolute Gasteiger partial charge is 0.467 e. The number of benzene rings is 2. The molecule has 2 heterocycles. The predicted molar refractivity (Wildman–Crippen MR) is 140 cm³/mol. The average Bonchev–Trinajstić information content (AvgIpc) is 3.17. The molecule has 0 bridgehead atoms. The first kappa shape index (κ1) is 28.0. The van der Waals surface area contributed by atoms with Gasteiger partial charge < -0.3 is 29.7 Å². The summed E-state index contributed by atoms with van der Waals surface area (Å²) < 4.78 is 14.6. The number of ether oxygens (including phenoxy) is 3. The van der Waals surface area contributed by atoms with Crippen molar-refractivity contribution in [1.82, 2.24) is 15.5 Å². The van der Waals surface area contributed by atoms with Crippen LogP contribution in [0.15, 0.2) is 54.6 Å². The van der Waals surface area contributed by atoms with Gasteiger partial charge in [-0.1, -0.05) is 42.5 Å². The molecule has 12 heteroatoms. The summed E-state index contributed by atoms with van der Waals surface area (Å²) >= 11 is 1.39. The first-order chi connectivity index (χ1) is 18.5. The molecule has 11 nitrogen and oxygen atoms in total. The summed E-state index contributed by atoms with van der Waals surface area (Å²) in [6, 6.07) is 12.2. The number of methoxy groups -OCH3 is 1. The monoisotopic (exact) mass is 555 g/mol. The summed E-state index contributed by atoms with van der Waals surface area (Å²) in [5.41, 5.74) is 1.14. The van der Waals surface area contributed by atoms with Crippen molar-refractivity contribution in [2.24, 2.45) is 0 Å². The summed E-state index contributed by atoms with van der Waals surface area (Å²) in [4.78, 5) is 64.2. The Labute approximate surface area is 229 Å². The van der Waals surface area contributed by atoms with Crippen LogP contribution < -0.4 is 15.4 Å². The molecule has 206 valence electrons. The second kappa shape index (κ2) is 11.4. The Morgan fingerprint density at radius 2 is 1.72 bits per heavy atom. The number of rotatable bonds is 8. The molecule has 4 rings (SSSR count). The van der Waals surface area contributed by atoms with Crippen molar-refractivity contribution in [3.05, 3.63) is 65.7 Å². The number of esters is 2. The lowest BCUT2D eigenvalue weighted by Crippen LogP contribution is -2.71. The van der Waals surface area contributed by atoms with Gasteiger partial charge in [0.2, 0.25) is 11.8 Å². The topological polar surface area (TPSA) is 140 Å². The molecule has 4 atom stereocenters. The number of thioether (sulfide) groups is 1. The van der Waals surface area contributed by atoms with Gasteiger partial charge in [-0.05, 0) is 37.1 Å². The lowest BCUT2D eigenvalue weighted by Gasteiger charge is -2.44. The van der Waals surface area contributed by atoms with Gasteiger partial charge in [-0.25, -0.2) is 9.59 Å². The Morgan fingerprint density at radius 1 is 1.05 bits per heavy atom. The van der Waals surface area contributed by atoms with E-state index in [1.54, 1.807) is 12.1 Å². The molecule has 0 radical (unpaired) electrons. The Kier molecular flexibility index (Phi) is 8.14. The smallest absolute Gasteiger partial charge is 0.408 e. The number of nitrogens with zero attached hydrogens (tertiary/aromatic N) is 1. The maximum Gasteiger partial charge on any atom is 0.408 e. The highest BCUT2D eigenvalue weighted by Crippen LogP contribution is 2.51. The van der Waals surface area contributed by atoms with Gasteiger partial charge in [0.15, 0.2) is 0 Å². The summed E-state index contributed by atoms with van der Waals surface area (Å²) in [5.74, 6) is -1.83. The van der Waals surface area contributed by atoms with Crippen LogP contribution in [0.5, 0.6) is 5.75 Å². The second-order valence-corrected chi connectivity index (χ2v) is 11.3. The van der Waals surface area contributed by atoms with Crippen molar-refractivity contribution < 1.29 is 38.2 Å². The van der Waals surface area contributed by atoms with Crippen LogP contribution in [0.1, 0.15) is 37.9 Å². The standard InChI is InChI=1S/C27H29N3O8S/c1-15(31)38-18-12-10-17(11-13-18)19(29-26(35)37-14-16-8-6-5-7-9-16)22(32)28-20-23(33)30-21(25(34)36-4)27(2,3)39-24(20)30/h5-13,19-21,24H,14H2,1-4H3,(H,28,32)(H,29,35)/t19?,20-,21+,24-/m1/s1. The van der Waals surface area contributed by atoms with E-state index in [0.717, 1.165) is 5.56 Å². The van der Waals surface area contributed by atoms with E-state index in [1.807, 2.05) is 32.0 Å². The highest BCUT2D eigenvalue weighted by molar-refractivity contribution is 8.01. The zero-order valence-corrected chi connectivity index (χ0v) is 22.7. The molecule has 2 saturated heterocycles. The molecule has 2 fully saturated rings. The summed E-state index contributed by atoms with van der Waals surface area (Å²) in [5, 5.41) is 4.80. The first-order valence-electron chi connectivity index (χ1n) is 12.2. The Hall–Kier alpha value is -4.06. The molecular weight excluding hydrogens is 526 g/mol. The molecule has 0 saturated carbocycles. The fourth-order valence-corrected chi connectivity index (χ4v) is 6.17. The SMILES string of the molecule is COC(=O)[C@@H]1N2C(=O)[C@@H](NC(=O)C(NC(=O)OCc3ccccc3)c3ccc(OC(C)=O)cc3)[C@H]2SC1(C)C. The van der Waals surface area contributed by atoms with Crippen molar-refractivity contribution in [2.45, 2.75) is 55.6 Å². The highest BCUT2D eigenvalue weighted by atomic mass is 32.2. The second-order valence-electron chi connectivity index (χ2n) is 9.57. The normalized spacial score (nSPS) is 21.6. The minimum absolute atomic E-state index is 0.00874. The number of β-lactam (4-membered cyclic amide) rings is 1. The van der Waals surface area contributed by atoms with Crippen LogP contribution in [-0.2, 0) is 35.3 Å². The molecule has 2 aromatic carbocycles. The fraction of sp³-hybridized carbons (Fsp3) is 0.370. The molecule has 2 aromatic rings. The third-order valence-electron chi connectivity index (χ3n) is 6.38. The van der Waals surface area contributed by atoms with Crippen LogP contribution >= 0.6 is 11.8 Å². The maximum absolute atomic E-state index is 13.4. The van der Waals surface area contributed by atoms with E-state index in [4.69, 9.17) is 14.2 Å². The van der Waals surface area contributed by atoms with Gasteiger partial charge in [0.05, 0.1) is 7.11 Å². The van der Waals surface area contributed by atoms with Crippen LogP contribution in [0.2, 0.25) is 0 Å². The molecule has 3 amide bonds. The number of hydrogen-bond donors (Lipinski definition) is 2. The average molecular weight is 556 g/mol. The lowest BCUT2D eigenvalue weighted by atomic mass is 9.95. The lowest BCUT2D eigenvalue weighted by molar-refractivity contribution is -0.162. The Bertz CT molecular complexity index is 1270. The predicted octanol–water partition coefficient (Wildman–Crippen LogP) is 2.30. The molecule has 1 unspecified atom stereocenters. The quantitative estimate of drug-likeness (QED) is 0.285. The molecule has 0 aliphatic carbocycles.